The summed E-state index contributed by atoms with van der Waals surface area (Å²) in [7, 11) is 1.60. The van der Waals surface area contributed by atoms with Crippen LogP contribution in [0.15, 0.2) is 42.5 Å². The number of hydrogen-bond donors (Lipinski definition) is 0. The molecule has 130 valence electrons. The van der Waals surface area contributed by atoms with Crippen LogP contribution in [0.4, 0.5) is 20.2 Å². The Labute approximate surface area is 143 Å². The third-order valence-corrected chi connectivity index (χ3v) is 4.11. The Bertz CT molecular complexity index is 660. The lowest BCUT2D eigenvalue weighted by atomic mass is 10.0. The van der Waals surface area contributed by atoms with Gasteiger partial charge in [0.15, 0.2) is 0 Å². The van der Waals surface area contributed by atoms with Gasteiger partial charge in [-0.15, -0.1) is 0 Å². The van der Waals surface area contributed by atoms with Crippen molar-refractivity contribution in [2.45, 2.75) is 33.1 Å². The van der Waals surface area contributed by atoms with Crippen molar-refractivity contribution in [3.8, 4) is 5.75 Å². The molecule has 0 radical (unpaired) electrons. The number of hydrogen-bond acceptors (Lipinski definition) is 2. The Morgan fingerprint density at radius 1 is 1.12 bits per heavy atom. The Kier molecular flexibility index (Phi) is 6.59. The molecule has 2 aromatic rings. The Balaban J connectivity index is 2.36. The van der Waals surface area contributed by atoms with Gasteiger partial charge in [-0.1, -0.05) is 32.8 Å². The minimum Gasteiger partial charge on any atom is -0.497 e. The van der Waals surface area contributed by atoms with Crippen LogP contribution in [-0.2, 0) is 0 Å². The maximum absolute atomic E-state index is 14.4. The molecule has 0 saturated carbocycles. The molecule has 2 rings (SSSR count). The number of anilines is 2. The van der Waals surface area contributed by atoms with Crippen molar-refractivity contribution in [3.63, 3.8) is 0 Å². The molecule has 1 unspecified atom stereocenters. The van der Waals surface area contributed by atoms with Gasteiger partial charge in [0.25, 0.3) is 0 Å². The first kappa shape index (κ1) is 18.2. The summed E-state index contributed by atoms with van der Waals surface area (Å²) in [6, 6.07) is 11.2. The van der Waals surface area contributed by atoms with Gasteiger partial charge in [-0.25, -0.2) is 8.78 Å². The maximum atomic E-state index is 14.4. The van der Waals surface area contributed by atoms with Crippen LogP contribution in [0.3, 0.4) is 0 Å². The minimum atomic E-state index is -0.569. The topological polar surface area (TPSA) is 12.5 Å². The molecule has 0 amide bonds. The van der Waals surface area contributed by atoms with Gasteiger partial charge >= 0.3 is 0 Å². The summed E-state index contributed by atoms with van der Waals surface area (Å²) in [5.41, 5.74) is 1.22. The minimum absolute atomic E-state index is 0.382. The van der Waals surface area contributed by atoms with E-state index in [0.717, 1.165) is 31.0 Å². The summed E-state index contributed by atoms with van der Waals surface area (Å²) in [6.45, 7) is 4.98. The van der Waals surface area contributed by atoms with Crippen molar-refractivity contribution in [3.05, 3.63) is 54.1 Å². The Morgan fingerprint density at radius 3 is 2.58 bits per heavy atom. The fourth-order valence-electron chi connectivity index (χ4n) is 2.78. The quantitative estimate of drug-likeness (QED) is 0.593. The lowest BCUT2D eigenvalue weighted by Crippen LogP contribution is -2.24. The van der Waals surface area contributed by atoms with Crippen LogP contribution >= 0.6 is 0 Å². The van der Waals surface area contributed by atoms with E-state index in [4.69, 9.17) is 4.74 Å². The summed E-state index contributed by atoms with van der Waals surface area (Å²) in [6.07, 6.45) is 3.34. The predicted molar refractivity (Wildman–Crippen MR) is 95.0 cm³/mol. The highest BCUT2D eigenvalue weighted by Crippen LogP contribution is 2.32. The zero-order valence-corrected chi connectivity index (χ0v) is 14.6. The average molecular weight is 333 g/mol. The van der Waals surface area contributed by atoms with Crippen molar-refractivity contribution in [2.75, 3.05) is 18.6 Å². The van der Waals surface area contributed by atoms with E-state index in [2.05, 4.69) is 13.8 Å². The molecule has 0 aliphatic carbocycles. The molecule has 0 bridgehead atoms. The first-order chi connectivity index (χ1) is 11.5. The fraction of sp³-hybridized carbons (Fsp3) is 0.400. The zero-order valence-electron chi connectivity index (χ0n) is 14.6. The maximum Gasteiger partial charge on any atom is 0.149 e. The highest BCUT2D eigenvalue weighted by atomic mass is 19.1. The number of methoxy groups -OCH3 is 1. The van der Waals surface area contributed by atoms with Crippen LogP contribution in [-0.4, -0.2) is 13.7 Å². The molecule has 1 atom stereocenters. The van der Waals surface area contributed by atoms with Gasteiger partial charge in [0.2, 0.25) is 0 Å². The van der Waals surface area contributed by atoms with Gasteiger partial charge < -0.3 is 9.64 Å². The van der Waals surface area contributed by atoms with Crippen LogP contribution in [0.1, 0.15) is 33.1 Å². The van der Waals surface area contributed by atoms with Gasteiger partial charge in [0, 0.05) is 24.4 Å². The van der Waals surface area contributed by atoms with Crippen LogP contribution in [0.2, 0.25) is 0 Å². The highest BCUT2D eigenvalue weighted by Gasteiger charge is 2.17. The molecule has 24 heavy (non-hydrogen) atoms. The van der Waals surface area contributed by atoms with Gasteiger partial charge in [-0.3, -0.25) is 0 Å². The lowest BCUT2D eigenvalue weighted by molar-refractivity contribution is 0.414. The van der Waals surface area contributed by atoms with E-state index in [-0.39, 0.29) is 0 Å². The molecule has 0 aliphatic rings. The third-order valence-electron chi connectivity index (χ3n) is 4.11. The summed E-state index contributed by atoms with van der Waals surface area (Å²) < 4.78 is 32.9. The normalized spacial score (nSPS) is 12.0. The SMILES string of the molecule is CCCCC(C)CN(c1cccc(OC)c1)c1ccc(F)cc1F. The van der Waals surface area contributed by atoms with E-state index >= 15 is 0 Å². The summed E-state index contributed by atoms with van der Waals surface area (Å²) >= 11 is 0. The van der Waals surface area contributed by atoms with Crippen LogP contribution in [0, 0.1) is 17.6 Å². The smallest absolute Gasteiger partial charge is 0.149 e. The largest absolute Gasteiger partial charge is 0.497 e. The van der Waals surface area contributed by atoms with E-state index in [9.17, 15) is 8.78 Å². The number of benzene rings is 2. The average Bonchev–Trinajstić information content (AvgIpc) is 2.58. The molecule has 0 N–H and O–H groups in total. The second kappa shape index (κ2) is 8.67. The molecule has 0 aliphatic heterocycles. The molecular formula is C20H25F2NO. The number of rotatable bonds is 8. The van der Waals surface area contributed by atoms with Gasteiger partial charge in [-0.05, 0) is 36.6 Å². The van der Waals surface area contributed by atoms with Crippen molar-refractivity contribution in [1.82, 2.24) is 0 Å². The molecule has 0 saturated heterocycles. The summed E-state index contributed by atoms with van der Waals surface area (Å²) in [4.78, 5) is 1.90. The van der Waals surface area contributed by atoms with Crippen LogP contribution in [0.5, 0.6) is 5.75 Å². The highest BCUT2D eigenvalue weighted by molar-refractivity contribution is 5.65. The molecule has 0 spiro atoms. The molecule has 2 nitrogen and oxygen atoms in total. The second-order valence-corrected chi connectivity index (χ2v) is 6.16. The van der Waals surface area contributed by atoms with Crippen LogP contribution < -0.4 is 9.64 Å². The molecule has 4 heteroatoms. The second-order valence-electron chi connectivity index (χ2n) is 6.16. The third kappa shape index (κ3) is 4.70. The van der Waals surface area contributed by atoms with Crippen LogP contribution in [0.25, 0.3) is 0 Å². The molecular weight excluding hydrogens is 308 g/mol. The summed E-state index contributed by atoms with van der Waals surface area (Å²) in [5, 5.41) is 0. The standard InChI is InChI=1S/C20H25F2NO/c1-4-5-7-15(2)14-23(17-8-6-9-18(13-17)24-3)20-11-10-16(21)12-19(20)22/h6,8-13,15H,4-5,7,14H2,1-3H3. The Hall–Kier alpha value is -2.10. The number of halogens is 2. The monoisotopic (exact) mass is 333 g/mol. The van der Waals surface area contributed by atoms with E-state index in [1.165, 1.54) is 12.1 Å². The van der Waals surface area contributed by atoms with Crippen molar-refractivity contribution < 1.29 is 13.5 Å². The zero-order chi connectivity index (χ0) is 17.5. The molecule has 2 aromatic carbocycles. The lowest BCUT2D eigenvalue weighted by Gasteiger charge is -2.29. The Morgan fingerprint density at radius 2 is 1.92 bits per heavy atom. The van der Waals surface area contributed by atoms with E-state index in [1.807, 2.05) is 29.2 Å². The summed E-state index contributed by atoms with van der Waals surface area (Å²) in [5.74, 6) is -0.0248. The van der Waals surface area contributed by atoms with E-state index in [0.29, 0.717) is 23.9 Å². The van der Waals surface area contributed by atoms with Crippen molar-refractivity contribution in [1.29, 1.82) is 0 Å². The van der Waals surface area contributed by atoms with E-state index in [1.54, 1.807) is 7.11 Å². The molecule has 0 fully saturated rings. The van der Waals surface area contributed by atoms with Gasteiger partial charge in [-0.2, -0.15) is 0 Å². The van der Waals surface area contributed by atoms with E-state index < -0.39 is 11.6 Å². The number of unbranched alkanes of at least 4 members (excludes halogenated alkanes) is 1. The van der Waals surface area contributed by atoms with Crippen molar-refractivity contribution >= 4 is 11.4 Å². The number of ether oxygens (including phenoxy) is 1. The van der Waals surface area contributed by atoms with Gasteiger partial charge in [0.1, 0.15) is 17.4 Å². The first-order valence-corrected chi connectivity index (χ1v) is 8.41. The molecule has 0 aromatic heterocycles. The number of nitrogens with zero attached hydrogens (tertiary/aromatic N) is 1. The van der Waals surface area contributed by atoms with Gasteiger partial charge in [0.05, 0.1) is 12.8 Å². The molecule has 0 heterocycles. The predicted octanol–water partition coefficient (Wildman–Crippen LogP) is 5.94. The van der Waals surface area contributed by atoms with Crippen molar-refractivity contribution in [2.24, 2.45) is 5.92 Å². The fourth-order valence-corrected chi connectivity index (χ4v) is 2.78. The first-order valence-electron chi connectivity index (χ1n) is 8.41.